The molecule has 1 saturated carbocycles. The smallest absolute Gasteiger partial charge is 0.319 e. The van der Waals surface area contributed by atoms with E-state index in [0.717, 1.165) is 50.4 Å². The maximum Gasteiger partial charge on any atom is 0.319 e. The molecule has 1 aromatic carbocycles. The van der Waals surface area contributed by atoms with Crippen molar-refractivity contribution in [2.45, 2.75) is 38.1 Å². The van der Waals surface area contributed by atoms with Crippen LogP contribution in [0.15, 0.2) is 18.2 Å². The van der Waals surface area contributed by atoms with Gasteiger partial charge >= 0.3 is 6.03 Å². The molecule has 0 spiro atoms. The van der Waals surface area contributed by atoms with Gasteiger partial charge in [0.2, 0.25) is 0 Å². The molecule has 1 aliphatic carbocycles. The maximum absolute atomic E-state index is 12.4. The summed E-state index contributed by atoms with van der Waals surface area (Å²) in [7, 11) is 3.78. The van der Waals surface area contributed by atoms with Gasteiger partial charge in [-0.2, -0.15) is 0 Å². The lowest BCUT2D eigenvalue weighted by molar-refractivity contribution is 0.244. The molecule has 6 nitrogen and oxygen atoms in total. The molecule has 2 amide bonds. The first-order valence-electron chi connectivity index (χ1n) is 9.35. The number of amides is 2. The van der Waals surface area contributed by atoms with Gasteiger partial charge in [-0.05, 0) is 38.1 Å². The number of nitrogens with one attached hydrogen (secondary N) is 2. The third-order valence-electron chi connectivity index (χ3n) is 5.24. The molecule has 0 aromatic heterocycles. The van der Waals surface area contributed by atoms with Crippen LogP contribution in [0.5, 0.6) is 5.75 Å². The third kappa shape index (κ3) is 4.78. The summed E-state index contributed by atoms with van der Waals surface area (Å²) >= 11 is 0. The number of urea groups is 1. The third-order valence-corrected chi connectivity index (χ3v) is 5.24. The number of anilines is 2. The average Bonchev–Trinajstić information content (AvgIpc) is 2.63. The number of rotatable bonds is 4. The van der Waals surface area contributed by atoms with Gasteiger partial charge in [0.25, 0.3) is 0 Å². The fraction of sp³-hybridized carbons (Fsp3) is 0.632. The molecule has 138 valence electrons. The molecule has 1 aromatic rings. The van der Waals surface area contributed by atoms with Gasteiger partial charge in [0.1, 0.15) is 5.75 Å². The molecule has 1 aliphatic heterocycles. The van der Waals surface area contributed by atoms with Crippen LogP contribution in [0.3, 0.4) is 0 Å². The Hall–Kier alpha value is -1.95. The average molecular weight is 346 g/mol. The summed E-state index contributed by atoms with van der Waals surface area (Å²) in [4.78, 5) is 17.1. The second kappa shape index (κ2) is 8.43. The summed E-state index contributed by atoms with van der Waals surface area (Å²) in [6.07, 6.45) is 5.83. The minimum Gasteiger partial charge on any atom is -0.495 e. The van der Waals surface area contributed by atoms with Crippen LogP contribution >= 0.6 is 0 Å². The van der Waals surface area contributed by atoms with E-state index in [4.69, 9.17) is 4.74 Å². The molecule has 6 heteroatoms. The molecule has 0 unspecified atom stereocenters. The fourth-order valence-corrected chi connectivity index (χ4v) is 3.65. The Kier molecular flexibility index (Phi) is 6.02. The SMILES string of the molecule is COc1ccc(N2CCN(C)CC2)cc1NC(=O)NC1CCCCC1. The van der Waals surface area contributed by atoms with E-state index >= 15 is 0 Å². The van der Waals surface area contributed by atoms with Crippen LogP contribution in [0.4, 0.5) is 16.2 Å². The monoisotopic (exact) mass is 346 g/mol. The lowest BCUT2D eigenvalue weighted by Crippen LogP contribution is -2.44. The number of carbonyl (C=O) groups is 1. The molecule has 0 radical (unpaired) electrons. The summed E-state index contributed by atoms with van der Waals surface area (Å²) in [6.45, 7) is 4.10. The molecule has 2 aliphatic rings. The van der Waals surface area contributed by atoms with Crippen molar-refractivity contribution in [1.29, 1.82) is 0 Å². The largest absolute Gasteiger partial charge is 0.495 e. The Balaban J connectivity index is 1.66. The predicted octanol–water partition coefficient (Wildman–Crippen LogP) is 2.90. The second-order valence-corrected chi connectivity index (χ2v) is 7.11. The van der Waals surface area contributed by atoms with Crippen molar-refractivity contribution in [1.82, 2.24) is 10.2 Å². The van der Waals surface area contributed by atoms with Crippen LogP contribution in [0.1, 0.15) is 32.1 Å². The van der Waals surface area contributed by atoms with E-state index in [-0.39, 0.29) is 6.03 Å². The van der Waals surface area contributed by atoms with Gasteiger partial charge in [0, 0.05) is 37.9 Å². The van der Waals surface area contributed by atoms with Crippen LogP contribution < -0.4 is 20.3 Å². The Labute approximate surface area is 150 Å². The van der Waals surface area contributed by atoms with Gasteiger partial charge in [0.15, 0.2) is 0 Å². The minimum absolute atomic E-state index is 0.138. The highest BCUT2D eigenvalue weighted by atomic mass is 16.5. The van der Waals surface area contributed by atoms with E-state index in [2.05, 4.69) is 33.5 Å². The second-order valence-electron chi connectivity index (χ2n) is 7.11. The first-order valence-corrected chi connectivity index (χ1v) is 9.35. The van der Waals surface area contributed by atoms with Crippen LogP contribution in [0.2, 0.25) is 0 Å². The van der Waals surface area contributed by atoms with Gasteiger partial charge in [0.05, 0.1) is 12.8 Å². The van der Waals surface area contributed by atoms with E-state index in [1.165, 1.54) is 19.3 Å². The molecular weight excluding hydrogens is 316 g/mol. The fourth-order valence-electron chi connectivity index (χ4n) is 3.65. The molecule has 25 heavy (non-hydrogen) atoms. The number of nitrogens with zero attached hydrogens (tertiary/aromatic N) is 2. The number of ether oxygens (including phenoxy) is 1. The van der Waals surface area contributed by atoms with Crippen LogP contribution in [0, 0.1) is 0 Å². The Morgan fingerprint density at radius 3 is 2.52 bits per heavy atom. The van der Waals surface area contributed by atoms with E-state index in [1.54, 1.807) is 7.11 Å². The van der Waals surface area contributed by atoms with E-state index < -0.39 is 0 Å². The number of benzene rings is 1. The highest BCUT2D eigenvalue weighted by molar-refractivity contribution is 5.92. The Morgan fingerprint density at radius 1 is 1.12 bits per heavy atom. The standard InChI is InChI=1S/C19H30N4O2/c1-22-10-12-23(13-11-22)16-8-9-18(25-2)17(14-16)21-19(24)20-15-6-4-3-5-7-15/h8-9,14-15H,3-7,10-13H2,1-2H3,(H2,20,21,24). The molecule has 0 atom stereocenters. The van der Waals surface area contributed by atoms with Crippen molar-refractivity contribution in [2.24, 2.45) is 0 Å². The molecule has 2 N–H and O–H groups in total. The zero-order valence-corrected chi connectivity index (χ0v) is 15.4. The highest BCUT2D eigenvalue weighted by Crippen LogP contribution is 2.30. The van der Waals surface area contributed by atoms with Crippen molar-refractivity contribution < 1.29 is 9.53 Å². The van der Waals surface area contributed by atoms with Crippen molar-refractivity contribution in [3.63, 3.8) is 0 Å². The number of piperazine rings is 1. The highest BCUT2D eigenvalue weighted by Gasteiger charge is 2.18. The van der Waals surface area contributed by atoms with Crippen LogP contribution in [-0.4, -0.2) is 57.3 Å². The molecule has 1 heterocycles. The minimum atomic E-state index is -0.138. The first kappa shape index (κ1) is 17.9. The molecule has 0 bridgehead atoms. The molecule has 2 fully saturated rings. The quantitative estimate of drug-likeness (QED) is 0.880. The van der Waals surface area contributed by atoms with Crippen LogP contribution in [-0.2, 0) is 0 Å². The van der Waals surface area contributed by atoms with Crippen molar-refractivity contribution >= 4 is 17.4 Å². The molecular formula is C19H30N4O2. The number of carbonyl (C=O) groups excluding carboxylic acids is 1. The molecule has 3 rings (SSSR count). The topological polar surface area (TPSA) is 56.8 Å². The van der Waals surface area contributed by atoms with Gasteiger partial charge in [-0.25, -0.2) is 4.79 Å². The number of hydrogen-bond acceptors (Lipinski definition) is 4. The van der Waals surface area contributed by atoms with Crippen molar-refractivity contribution in [2.75, 3.05) is 50.6 Å². The van der Waals surface area contributed by atoms with Gasteiger partial charge in [-0.3, -0.25) is 0 Å². The zero-order valence-electron chi connectivity index (χ0n) is 15.4. The predicted molar refractivity (Wildman–Crippen MR) is 102 cm³/mol. The summed E-state index contributed by atoms with van der Waals surface area (Å²) in [5.74, 6) is 0.691. The van der Waals surface area contributed by atoms with Crippen molar-refractivity contribution in [3.8, 4) is 5.75 Å². The molecule has 1 saturated heterocycles. The number of methoxy groups -OCH3 is 1. The Bertz CT molecular complexity index is 579. The lowest BCUT2D eigenvalue weighted by atomic mass is 9.96. The van der Waals surface area contributed by atoms with E-state index in [9.17, 15) is 4.79 Å². The van der Waals surface area contributed by atoms with Crippen LogP contribution in [0.25, 0.3) is 0 Å². The zero-order chi connectivity index (χ0) is 17.6. The van der Waals surface area contributed by atoms with Gasteiger partial charge in [-0.1, -0.05) is 19.3 Å². The lowest BCUT2D eigenvalue weighted by Gasteiger charge is -2.34. The summed E-state index contributed by atoms with van der Waals surface area (Å²) in [6, 6.07) is 6.17. The maximum atomic E-state index is 12.4. The van der Waals surface area contributed by atoms with Gasteiger partial charge in [-0.15, -0.1) is 0 Å². The van der Waals surface area contributed by atoms with Gasteiger partial charge < -0.3 is 25.2 Å². The summed E-state index contributed by atoms with van der Waals surface area (Å²) in [5, 5.41) is 6.08. The Morgan fingerprint density at radius 2 is 1.84 bits per heavy atom. The number of likely N-dealkylation sites (N-methyl/N-ethyl adjacent to an activating group) is 1. The first-order chi connectivity index (χ1) is 12.2. The van der Waals surface area contributed by atoms with Crippen molar-refractivity contribution in [3.05, 3.63) is 18.2 Å². The summed E-state index contributed by atoms with van der Waals surface area (Å²) in [5.41, 5.74) is 1.86. The van der Waals surface area contributed by atoms with E-state index in [0.29, 0.717) is 11.8 Å². The van der Waals surface area contributed by atoms with E-state index in [1.807, 2.05) is 12.1 Å². The summed E-state index contributed by atoms with van der Waals surface area (Å²) < 4.78 is 5.43. The number of hydrogen-bond donors (Lipinski definition) is 2. The normalized spacial score (nSPS) is 19.5.